The van der Waals surface area contributed by atoms with Crippen LogP contribution in [0.25, 0.3) is 10.8 Å². The summed E-state index contributed by atoms with van der Waals surface area (Å²) in [5.41, 5.74) is 5.79. The number of hydrogen-bond donors (Lipinski definition) is 1. The van der Waals surface area contributed by atoms with Crippen LogP contribution in [0.2, 0.25) is 0 Å². The summed E-state index contributed by atoms with van der Waals surface area (Å²) >= 11 is 0. The third-order valence-electron chi connectivity index (χ3n) is 4.58. The molecule has 0 saturated carbocycles. The lowest BCUT2D eigenvalue weighted by Gasteiger charge is -2.24. The molecule has 2 aromatic carbocycles. The van der Waals surface area contributed by atoms with Crippen molar-refractivity contribution in [3.63, 3.8) is 0 Å². The van der Waals surface area contributed by atoms with Gasteiger partial charge in [0, 0.05) is 18.0 Å². The average molecular weight is 305 g/mol. The minimum absolute atomic E-state index is 0.112. The zero-order valence-electron chi connectivity index (χ0n) is 14.9. The predicted molar refractivity (Wildman–Crippen MR) is 101 cm³/mol. The number of hydrogen-bond acceptors (Lipinski definition) is 1. The fraction of sp³-hybridized carbons (Fsp3) is 0.364. The molecule has 1 atom stereocenters. The molecule has 23 heavy (non-hydrogen) atoms. The molecule has 0 fully saturated rings. The normalized spacial score (nSPS) is 18.2. The number of allylic oxidation sites excluding steroid dienone is 4. The topological polar surface area (TPSA) is 12.0 Å². The minimum Gasteiger partial charge on any atom is -0.308 e. The van der Waals surface area contributed by atoms with Crippen molar-refractivity contribution in [2.75, 3.05) is 0 Å². The lowest BCUT2D eigenvalue weighted by atomic mass is 9.87. The van der Waals surface area contributed by atoms with Crippen LogP contribution in [0.15, 0.2) is 59.7 Å². The van der Waals surface area contributed by atoms with Crippen LogP contribution in [-0.4, -0.2) is 5.54 Å². The van der Waals surface area contributed by atoms with Crippen LogP contribution >= 0.6 is 0 Å². The molecule has 1 aliphatic rings. The molecule has 0 heterocycles. The van der Waals surface area contributed by atoms with Crippen LogP contribution < -0.4 is 5.32 Å². The Morgan fingerprint density at radius 3 is 2.39 bits per heavy atom. The van der Waals surface area contributed by atoms with Crippen LogP contribution in [0.4, 0.5) is 0 Å². The van der Waals surface area contributed by atoms with Crippen LogP contribution in [-0.2, 0) is 6.54 Å². The molecule has 1 N–H and O–H groups in total. The number of nitrogens with one attached hydrogen (secondary N) is 1. The quantitative estimate of drug-likeness (QED) is 0.765. The van der Waals surface area contributed by atoms with Gasteiger partial charge in [-0.15, -0.1) is 0 Å². The molecule has 1 nitrogen and oxygen atoms in total. The summed E-state index contributed by atoms with van der Waals surface area (Å²) in [6, 6.07) is 13.3. The van der Waals surface area contributed by atoms with Crippen molar-refractivity contribution in [1.29, 1.82) is 0 Å². The van der Waals surface area contributed by atoms with Crippen molar-refractivity contribution in [2.45, 2.75) is 52.6 Å². The van der Waals surface area contributed by atoms with Crippen LogP contribution in [0, 0.1) is 0 Å². The molecule has 0 radical (unpaired) electrons. The van der Waals surface area contributed by atoms with E-state index < -0.39 is 0 Å². The van der Waals surface area contributed by atoms with Gasteiger partial charge in [-0.1, -0.05) is 59.7 Å². The Balaban J connectivity index is 2.12. The van der Waals surface area contributed by atoms with Crippen LogP contribution in [0.1, 0.15) is 51.7 Å². The molecule has 1 unspecified atom stereocenters. The Labute approximate surface area is 140 Å². The molecule has 120 valence electrons. The van der Waals surface area contributed by atoms with Gasteiger partial charge in [-0.25, -0.2) is 0 Å². The highest BCUT2D eigenvalue weighted by molar-refractivity contribution is 5.87. The summed E-state index contributed by atoms with van der Waals surface area (Å²) in [6.07, 6.45) is 4.70. The van der Waals surface area contributed by atoms with Crippen molar-refractivity contribution in [2.24, 2.45) is 0 Å². The second-order valence-electron chi connectivity index (χ2n) is 7.73. The Hall–Kier alpha value is -1.86. The molecule has 0 aliphatic heterocycles. The van der Waals surface area contributed by atoms with Gasteiger partial charge in [0.2, 0.25) is 0 Å². The van der Waals surface area contributed by atoms with E-state index in [2.05, 4.69) is 88.5 Å². The molecule has 0 bridgehead atoms. The lowest BCUT2D eigenvalue weighted by Crippen LogP contribution is -2.35. The molecule has 3 rings (SSSR count). The van der Waals surface area contributed by atoms with Gasteiger partial charge in [-0.05, 0) is 56.5 Å². The first kappa shape index (κ1) is 16.0. The molecule has 1 aliphatic carbocycles. The second-order valence-corrected chi connectivity index (χ2v) is 7.73. The smallest absolute Gasteiger partial charge is 0.0237 e. The fourth-order valence-corrected chi connectivity index (χ4v) is 3.42. The van der Waals surface area contributed by atoms with E-state index in [0.717, 1.165) is 6.54 Å². The summed E-state index contributed by atoms with van der Waals surface area (Å²) in [7, 11) is 0. The summed E-state index contributed by atoms with van der Waals surface area (Å²) in [6.45, 7) is 12.0. The van der Waals surface area contributed by atoms with E-state index in [0.29, 0.717) is 5.92 Å². The molecule has 1 heteroatoms. The summed E-state index contributed by atoms with van der Waals surface area (Å²) < 4.78 is 0. The molecule has 0 spiro atoms. The molecule has 0 aromatic heterocycles. The van der Waals surface area contributed by atoms with Gasteiger partial charge in [-0.3, -0.25) is 0 Å². The van der Waals surface area contributed by atoms with Gasteiger partial charge in [0.05, 0.1) is 0 Å². The van der Waals surface area contributed by atoms with Crippen LogP contribution in [0.5, 0.6) is 0 Å². The standard InChI is InChI=1S/C22H27N/c1-15-12-16(2)20(13-15)19-11-10-17-8-6-7-9-18(17)21(19)14-23-22(3,4)5/h6-13,20,23H,14H2,1-5H3. The largest absolute Gasteiger partial charge is 0.308 e. The van der Waals surface area contributed by atoms with Gasteiger partial charge in [0.1, 0.15) is 0 Å². The Morgan fingerprint density at radius 2 is 1.74 bits per heavy atom. The van der Waals surface area contributed by atoms with E-state index in [-0.39, 0.29) is 5.54 Å². The third-order valence-corrected chi connectivity index (χ3v) is 4.58. The van der Waals surface area contributed by atoms with Gasteiger partial charge in [-0.2, -0.15) is 0 Å². The van der Waals surface area contributed by atoms with Crippen LogP contribution in [0.3, 0.4) is 0 Å². The van der Waals surface area contributed by atoms with Crippen molar-refractivity contribution in [1.82, 2.24) is 5.32 Å². The maximum absolute atomic E-state index is 3.68. The van der Waals surface area contributed by atoms with E-state index in [9.17, 15) is 0 Å². The van der Waals surface area contributed by atoms with E-state index >= 15 is 0 Å². The predicted octanol–water partition coefficient (Wildman–Crippen LogP) is 5.72. The van der Waals surface area contributed by atoms with E-state index in [1.54, 1.807) is 0 Å². The van der Waals surface area contributed by atoms with Crippen molar-refractivity contribution in [3.8, 4) is 0 Å². The molecule has 0 amide bonds. The Morgan fingerprint density at radius 1 is 1.00 bits per heavy atom. The highest BCUT2D eigenvalue weighted by Crippen LogP contribution is 2.37. The Kier molecular flexibility index (Phi) is 4.16. The monoisotopic (exact) mass is 305 g/mol. The molecular weight excluding hydrogens is 278 g/mol. The summed E-state index contributed by atoms with van der Waals surface area (Å²) in [5, 5.41) is 6.37. The van der Waals surface area contributed by atoms with Gasteiger partial charge >= 0.3 is 0 Å². The lowest BCUT2D eigenvalue weighted by molar-refractivity contribution is 0.424. The van der Waals surface area contributed by atoms with E-state index in [1.807, 2.05) is 0 Å². The van der Waals surface area contributed by atoms with E-state index in [4.69, 9.17) is 0 Å². The van der Waals surface area contributed by atoms with Crippen molar-refractivity contribution in [3.05, 3.63) is 70.8 Å². The first-order valence-corrected chi connectivity index (χ1v) is 8.47. The van der Waals surface area contributed by atoms with Crippen molar-refractivity contribution < 1.29 is 0 Å². The molecule has 0 saturated heterocycles. The van der Waals surface area contributed by atoms with Gasteiger partial charge in [0.15, 0.2) is 0 Å². The SMILES string of the molecule is CC1=CC(c2ccc3ccccc3c2CNC(C)(C)C)C(C)=C1. The maximum Gasteiger partial charge on any atom is 0.0237 e. The highest BCUT2D eigenvalue weighted by atomic mass is 14.9. The zero-order chi connectivity index (χ0) is 16.6. The zero-order valence-corrected chi connectivity index (χ0v) is 14.9. The first-order valence-electron chi connectivity index (χ1n) is 8.47. The number of benzene rings is 2. The maximum atomic E-state index is 3.68. The van der Waals surface area contributed by atoms with Gasteiger partial charge < -0.3 is 5.32 Å². The second kappa shape index (κ2) is 5.98. The van der Waals surface area contributed by atoms with E-state index in [1.165, 1.54) is 33.0 Å². The molecule has 2 aromatic rings. The van der Waals surface area contributed by atoms with Crippen molar-refractivity contribution >= 4 is 10.8 Å². The fourth-order valence-electron chi connectivity index (χ4n) is 3.42. The summed E-state index contributed by atoms with van der Waals surface area (Å²) in [4.78, 5) is 0. The molecular formula is C22H27N. The average Bonchev–Trinajstić information content (AvgIpc) is 2.82. The third kappa shape index (κ3) is 3.40. The Bertz CT molecular complexity index is 787. The number of rotatable bonds is 3. The highest BCUT2D eigenvalue weighted by Gasteiger charge is 2.21. The minimum atomic E-state index is 0.112. The van der Waals surface area contributed by atoms with Gasteiger partial charge in [0.25, 0.3) is 0 Å². The summed E-state index contributed by atoms with van der Waals surface area (Å²) in [5.74, 6) is 0.413. The first-order chi connectivity index (χ1) is 10.8. The number of fused-ring (bicyclic) bond motifs is 1.